The van der Waals surface area contributed by atoms with Gasteiger partial charge in [0.1, 0.15) is 0 Å². The van der Waals surface area contributed by atoms with Crippen molar-refractivity contribution in [3.8, 4) is 0 Å². The van der Waals surface area contributed by atoms with Crippen LogP contribution in [0.1, 0.15) is 36.2 Å². The van der Waals surface area contributed by atoms with E-state index < -0.39 is 0 Å². The highest BCUT2D eigenvalue weighted by Gasteiger charge is 2.22. The minimum atomic E-state index is 0.254. The van der Waals surface area contributed by atoms with Crippen molar-refractivity contribution in [2.45, 2.75) is 36.5 Å². The van der Waals surface area contributed by atoms with Crippen LogP contribution in [0.15, 0.2) is 33.7 Å². The van der Waals surface area contributed by atoms with E-state index in [1.165, 1.54) is 16.9 Å². The maximum Gasteiger partial charge on any atom is 0.243 e. The third kappa shape index (κ3) is 2.98. The van der Waals surface area contributed by atoms with Crippen molar-refractivity contribution in [2.24, 2.45) is 0 Å². The standard InChI is InChI=1S/C14H17N3OS/c1-10-5-2-3-7-12(10)19-9-13-16-14(18-17-13)11-6-4-8-15-11/h2-3,5,7,11,15H,4,6,8-9H2,1H3/t11-/m1/s1. The minimum absolute atomic E-state index is 0.254. The number of hydrogen-bond acceptors (Lipinski definition) is 5. The molecule has 3 rings (SSSR count). The Morgan fingerprint density at radius 3 is 3.11 bits per heavy atom. The number of aryl methyl sites for hydroxylation is 1. The highest BCUT2D eigenvalue weighted by Crippen LogP contribution is 2.26. The van der Waals surface area contributed by atoms with Crippen LogP contribution >= 0.6 is 11.8 Å². The van der Waals surface area contributed by atoms with Gasteiger partial charge < -0.3 is 9.84 Å². The summed E-state index contributed by atoms with van der Waals surface area (Å²) in [5.74, 6) is 2.26. The van der Waals surface area contributed by atoms with Gasteiger partial charge in [0.05, 0.1) is 11.8 Å². The van der Waals surface area contributed by atoms with Crippen molar-refractivity contribution in [2.75, 3.05) is 6.54 Å². The van der Waals surface area contributed by atoms with E-state index in [1.54, 1.807) is 11.8 Å². The summed E-state index contributed by atoms with van der Waals surface area (Å²) in [6.45, 7) is 3.16. The molecule has 2 heterocycles. The third-order valence-corrected chi connectivity index (χ3v) is 4.46. The fraction of sp³-hybridized carbons (Fsp3) is 0.429. The van der Waals surface area contributed by atoms with E-state index in [2.05, 4.69) is 46.6 Å². The fourth-order valence-electron chi connectivity index (χ4n) is 2.22. The van der Waals surface area contributed by atoms with E-state index in [0.29, 0.717) is 0 Å². The Labute approximate surface area is 117 Å². The largest absolute Gasteiger partial charge is 0.338 e. The number of aromatic nitrogens is 2. The quantitative estimate of drug-likeness (QED) is 0.869. The summed E-state index contributed by atoms with van der Waals surface area (Å²) < 4.78 is 5.33. The van der Waals surface area contributed by atoms with Crippen LogP contribution in [0.4, 0.5) is 0 Å². The van der Waals surface area contributed by atoms with Crippen LogP contribution in [0.2, 0.25) is 0 Å². The number of rotatable bonds is 4. The molecule has 1 saturated heterocycles. The fourth-order valence-corrected chi connectivity index (χ4v) is 3.10. The maximum absolute atomic E-state index is 5.33. The molecule has 0 unspecified atom stereocenters. The summed E-state index contributed by atoms with van der Waals surface area (Å²) in [7, 11) is 0. The first-order chi connectivity index (χ1) is 9.33. The summed E-state index contributed by atoms with van der Waals surface area (Å²) >= 11 is 1.75. The SMILES string of the molecule is Cc1ccccc1SCc1noc([C@H]2CCCN2)n1. The third-order valence-electron chi connectivity index (χ3n) is 3.29. The lowest BCUT2D eigenvalue weighted by molar-refractivity contribution is 0.342. The van der Waals surface area contributed by atoms with E-state index >= 15 is 0 Å². The average molecular weight is 275 g/mol. The second-order valence-electron chi connectivity index (χ2n) is 4.75. The summed E-state index contributed by atoms with van der Waals surface area (Å²) in [4.78, 5) is 5.75. The summed E-state index contributed by atoms with van der Waals surface area (Å²) in [6, 6.07) is 8.60. The number of nitrogens with one attached hydrogen (secondary N) is 1. The number of nitrogens with zero attached hydrogens (tertiary/aromatic N) is 2. The molecule has 0 radical (unpaired) electrons. The molecule has 2 aromatic rings. The monoisotopic (exact) mass is 275 g/mol. The zero-order valence-electron chi connectivity index (χ0n) is 10.9. The van der Waals surface area contributed by atoms with Crippen LogP contribution < -0.4 is 5.32 Å². The van der Waals surface area contributed by atoms with E-state index in [4.69, 9.17) is 4.52 Å². The van der Waals surface area contributed by atoms with Crippen molar-refractivity contribution in [3.05, 3.63) is 41.5 Å². The smallest absolute Gasteiger partial charge is 0.243 e. The van der Waals surface area contributed by atoms with Gasteiger partial charge in [-0.15, -0.1) is 11.8 Å². The zero-order valence-corrected chi connectivity index (χ0v) is 11.7. The van der Waals surface area contributed by atoms with Crippen molar-refractivity contribution < 1.29 is 4.52 Å². The number of benzene rings is 1. The number of hydrogen-bond donors (Lipinski definition) is 1. The van der Waals surface area contributed by atoms with Gasteiger partial charge in [0.15, 0.2) is 5.82 Å². The molecule has 1 atom stereocenters. The van der Waals surface area contributed by atoms with Crippen LogP contribution in [-0.4, -0.2) is 16.7 Å². The summed E-state index contributed by atoms with van der Waals surface area (Å²) in [5.41, 5.74) is 1.29. The Morgan fingerprint density at radius 2 is 2.32 bits per heavy atom. The first kappa shape index (κ1) is 12.7. The van der Waals surface area contributed by atoms with Crippen LogP contribution in [0.5, 0.6) is 0 Å². The predicted molar refractivity (Wildman–Crippen MR) is 75.0 cm³/mol. The van der Waals surface area contributed by atoms with Gasteiger partial charge >= 0.3 is 0 Å². The van der Waals surface area contributed by atoms with E-state index in [9.17, 15) is 0 Å². The van der Waals surface area contributed by atoms with Crippen molar-refractivity contribution >= 4 is 11.8 Å². The second kappa shape index (κ2) is 5.75. The second-order valence-corrected chi connectivity index (χ2v) is 5.77. The van der Waals surface area contributed by atoms with Crippen LogP contribution in [-0.2, 0) is 5.75 Å². The first-order valence-electron chi connectivity index (χ1n) is 6.57. The molecule has 0 bridgehead atoms. The van der Waals surface area contributed by atoms with Crippen molar-refractivity contribution in [1.29, 1.82) is 0 Å². The molecule has 0 spiro atoms. The zero-order chi connectivity index (χ0) is 13.1. The molecule has 0 amide bonds. The van der Waals surface area contributed by atoms with Crippen LogP contribution in [0.3, 0.4) is 0 Å². The Morgan fingerprint density at radius 1 is 1.42 bits per heavy atom. The maximum atomic E-state index is 5.33. The molecule has 100 valence electrons. The molecule has 0 aliphatic carbocycles. The van der Waals surface area contributed by atoms with E-state index in [1.807, 2.05) is 0 Å². The molecular formula is C14H17N3OS. The molecule has 1 N–H and O–H groups in total. The first-order valence-corrected chi connectivity index (χ1v) is 7.56. The highest BCUT2D eigenvalue weighted by molar-refractivity contribution is 7.98. The minimum Gasteiger partial charge on any atom is -0.338 e. The predicted octanol–water partition coefficient (Wildman–Crippen LogP) is 3.09. The Hall–Kier alpha value is -1.33. The van der Waals surface area contributed by atoms with Crippen molar-refractivity contribution in [1.82, 2.24) is 15.5 Å². The molecule has 0 saturated carbocycles. The summed E-state index contributed by atoms with van der Waals surface area (Å²) in [6.07, 6.45) is 2.27. The molecule has 19 heavy (non-hydrogen) atoms. The van der Waals surface area contributed by atoms with Gasteiger partial charge in [-0.1, -0.05) is 23.4 Å². The molecular weight excluding hydrogens is 258 g/mol. The van der Waals surface area contributed by atoms with Crippen LogP contribution in [0, 0.1) is 6.92 Å². The summed E-state index contributed by atoms with van der Waals surface area (Å²) in [5, 5.41) is 7.42. The molecule has 5 heteroatoms. The molecule has 4 nitrogen and oxygen atoms in total. The number of thioether (sulfide) groups is 1. The van der Waals surface area contributed by atoms with Crippen molar-refractivity contribution in [3.63, 3.8) is 0 Å². The Kier molecular flexibility index (Phi) is 3.84. The Bertz CT molecular complexity index is 549. The molecule has 1 fully saturated rings. The van der Waals surface area contributed by atoms with Gasteiger partial charge in [-0.2, -0.15) is 4.98 Å². The normalized spacial score (nSPS) is 18.9. The lowest BCUT2D eigenvalue weighted by atomic mass is 10.2. The van der Waals surface area contributed by atoms with E-state index in [-0.39, 0.29) is 6.04 Å². The molecule has 1 aliphatic heterocycles. The van der Waals surface area contributed by atoms with Crippen LogP contribution in [0.25, 0.3) is 0 Å². The van der Waals surface area contributed by atoms with Gasteiger partial charge in [0, 0.05) is 4.90 Å². The highest BCUT2D eigenvalue weighted by atomic mass is 32.2. The van der Waals surface area contributed by atoms with Gasteiger partial charge in [-0.3, -0.25) is 0 Å². The lowest BCUT2D eigenvalue weighted by Crippen LogP contribution is -2.13. The molecule has 1 aliphatic rings. The average Bonchev–Trinajstić information content (AvgIpc) is 3.09. The van der Waals surface area contributed by atoms with Gasteiger partial charge in [-0.05, 0) is 37.9 Å². The molecule has 1 aromatic heterocycles. The van der Waals surface area contributed by atoms with Gasteiger partial charge in [0.2, 0.25) is 5.89 Å². The van der Waals surface area contributed by atoms with Gasteiger partial charge in [0.25, 0.3) is 0 Å². The van der Waals surface area contributed by atoms with E-state index in [0.717, 1.165) is 30.4 Å². The Balaban J connectivity index is 1.63. The topological polar surface area (TPSA) is 51.0 Å². The van der Waals surface area contributed by atoms with Gasteiger partial charge in [-0.25, -0.2) is 0 Å². The lowest BCUT2D eigenvalue weighted by Gasteiger charge is -2.02. The molecule has 1 aromatic carbocycles.